The molecule has 6 nitrogen and oxygen atoms in total. The molecule has 1 amide bonds. The zero-order valence-corrected chi connectivity index (χ0v) is 11.6. The highest BCUT2D eigenvalue weighted by atomic mass is 16.5. The van der Waals surface area contributed by atoms with Gasteiger partial charge in [0.1, 0.15) is 6.54 Å². The molecular weight excluding hydrogens is 258 g/mol. The highest BCUT2D eigenvalue weighted by molar-refractivity contribution is 5.92. The number of amides is 1. The summed E-state index contributed by atoms with van der Waals surface area (Å²) in [6.07, 6.45) is 10.2. The molecule has 0 atom stereocenters. The molecule has 0 bridgehead atoms. The van der Waals surface area contributed by atoms with Gasteiger partial charge >= 0.3 is 5.97 Å². The van der Waals surface area contributed by atoms with Gasteiger partial charge in [0.05, 0.1) is 19.0 Å². The van der Waals surface area contributed by atoms with E-state index in [1.807, 2.05) is 0 Å². The van der Waals surface area contributed by atoms with Gasteiger partial charge in [0.25, 0.3) is 0 Å². The fourth-order valence-corrected chi connectivity index (χ4v) is 2.19. The molecule has 0 unspecified atom stereocenters. The zero-order valence-electron chi connectivity index (χ0n) is 11.6. The summed E-state index contributed by atoms with van der Waals surface area (Å²) in [6, 6.07) is 0. The SMILES string of the molecule is COC(=O)Cn1cc(NC(=O)CC2=CCCCC2)cn1. The summed E-state index contributed by atoms with van der Waals surface area (Å²) in [5.74, 6) is -0.422. The van der Waals surface area contributed by atoms with Crippen LogP contribution < -0.4 is 5.32 Å². The summed E-state index contributed by atoms with van der Waals surface area (Å²) in [5, 5.41) is 6.78. The summed E-state index contributed by atoms with van der Waals surface area (Å²) < 4.78 is 5.98. The van der Waals surface area contributed by atoms with Crippen LogP contribution in [-0.2, 0) is 20.9 Å². The van der Waals surface area contributed by atoms with Crippen molar-refractivity contribution in [3.63, 3.8) is 0 Å². The second-order valence-electron chi connectivity index (χ2n) is 4.84. The van der Waals surface area contributed by atoms with E-state index in [0.29, 0.717) is 12.1 Å². The van der Waals surface area contributed by atoms with Crippen LogP contribution in [0.25, 0.3) is 0 Å². The van der Waals surface area contributed by atoms with Gasteiger partial charge < -0.3 is 10.1 Å². The molecule has 0 aliphatic heterocycles. The van der Waals surface area contributed by atoms with Crippen LogP contribution in [0.5, 0.6) is 0 Å². The van der Waals surface area contributed by atoms with E-state index >= 15 is 0 Å². The lowest BCUT2D eigenvalue weighted by atomic mass is 9.97. The topological polar surface area (TPSA) is 73.2 Å². The van der Waals surface area contributed by atoms with Crippen molar-refractivity contribution < 1.29 is 14.3 Å². The van der Waals surface area contributed by atoms with Crippen LogP contribution in [0.4, 0.5) is 5.69 Å². The number of anilines is 1. The van der Waals surface area contributed by atoms with Crippen molar-refractivity contribution in [2.24, 2.45) is 0 Å². The Hall–Kier alpha value is -2.11. The van der Waals surface area contributed by atoms with Gasteiger partial charge in [0.15, 0.2) is 0 Å². The number of carbonyl (C=O) groups excluding carboxylic acids is 2. The van der Waals surface area contributed by atoms with E-state index in [0.717, 1.165) is 19.3 Å². The lowest BCUT2D eigenvalue weighted by molar-refractivity contribution is -0.141. The fraction of sp³-hybridized carbons (Fsp3) is 0.500. The van der Waals surface area contributed by atoms with Crippen LogP contribution >= 0.6 is 0 Å². The van der Waals surface area contributed by atoms with Gasteiger partial charge in [-0.2, -0.15) is 5.10 Å². The minimum absolute atomic E-state index is 0.0392. The summed E-state index contributed by atoms with van der Waals surface area (Å²) in [4.78, 5) is 23.0. The van der Waals surface area contributed by atoms with Gasteiger partial charge in [-0.1, -0.05) is 11.6 Å². The maximum Gasteiger partial charge on any atom is 0.327 e. The second-order valence-corrected chi connectivity index (χ2v) is 4.84. The minimum atomic E-state index is -0.377. The first-order valence-corrected chi connectivity index (χ1v) is 6.74. The van der Waals surface area contributed by atoms with Crippen molar-refractivity contribution in [3.8, 4) is 0 Å². The van der Waals surface area contributed by atoms with Crippen LogP contribution in [0, 0.1) is 0 Å². The predicted octanol–water partition coefficient (Wildman–Crippen LogP) is 1.89. The first-order chi connectivity index (χ1) is 9.67. The van der Waals surface area contributed by atoms with E-state index in [9.17, 15) is 9.59 Å². The highest BCUT2D eigenvalue weighted by Gasteiger charge is 2.11. The molecule has 1 aromatic heterocycles. The van der Waals surface area contributed by atoms with Gasteiger partial charge in [-0.15, -0.1) is 0 Å². The molecule has 1 aromatic rings. The van der Waals surface area contributed by atoms with E-state index in [-0.39, 0.29) is 18.4 Å². The molecule has 20 heavy (non-hydrogen) atoms. The van der Waals surface area contributed by atoms with Crippen LogP contribution in [0.1, 0.15) is 32.1 Å². The quantitative estimate of drug-likeness (QED) is 0.659. The standard InChI is InChI=1S/C14H19N3O3/c1-20-14(19)10-17-9-12(8-15-17)16-13(18)7-11-5-3-2-4-6-11/h5,8-9H,2-4,6-7,10H2,1H3,(H,16,18). The third-order valence-electron chi connectivity index (χ3n) is 3.21. The van der Waals surface area contributed by atoms with E-state index < -0.39 is 0 Å². The van der Waals surface area contributed by atoms with Gasteiger partial charge in [-0.25, -0.2) is 0 Å². The number of rotatable bonds is 5. The third kappa shape index (κ3) is 4.22. The van der Waals surface area contributed by atoms with Crippen molar-refractivity contribution in [2.75, 3.05) is 12.4 Å². The van der Waals surface area contributed by atoms with Crippen molar-refractivity contribution in [3.05, 3.63) is 24.0 Å². The molecule has 0 spiro atoms. The minimum Gasteiger partial charge on any atom is -0.468 e. The summed E-state index contributed by atoms with van der Waals surface area (Å²) >= 11 is 0. The molecule has 6 heteroatoms. The van der Waals surface area contributed by atoms with E-state index in [4.69, 9.17) is 0 Å². The number of methoxy groups -OCH3 is 1. The molecule has 108 valence electrons. The molecule has 0 radical (unpaired) electrons. The number of allylic oxidation sites excluding steroid dienone is 1. The number of esters is 1. The molecule has 2 rings (SSSR count). The Labute approximate surface area is 117 Å². The fourth-order valence-electron chi connectivity index (χ4n) is 2.19. The van der Waals surface area contributed by atoms with Crippen molar-refractivity contribution in [2.45, 2.75) is 38.6 Å². The van der Waals surface area contributed by atoms with Crippen molar-refractivity contribution in [1.29, 1.82) is 0 Å². The molecule has 1 aliphatic rings. The number of nitrogens with one attached hydrogen (secondary N) is 1. The summed E-state index contributed by atoms with van der Waals surface area (Å²) in [6.45, 7) is 0.0392. The lowest BCUT2D eigenvalue weighted by Crippen LogP contribution is -2.13. The first-order valence-electron chi connectivity index (χ1n) is 6.74. The van der Waals surface area contributed by atoms with Gasteiger partial charge in [0, 0.05) is 12.6 Å². The van der Waals surface area contributed by atoms with Gasteiger partial charge in [0.2, 0.25) is 5.91 Å². The molecule has 0 saturated heterocycles. The molecule has 0 aromatic carbocycles. The Morgan fingerprint density at radius 2 is 2.30 bits per heavy atom. The molecule has 0 fully saturated rings. The van der Waals surface area contributed by atoms with Gasteiger partial charge in [-0.05, 0) is 25.7 Å². The maximum absolute atomic E-state index is 11.9. The summed E-state index contributed by atoms with van der Waals surface area (Å²) in [7, 11) is 1.33. The van der Waals surface area contributed by atoms with Crippen LogP contribution in [0.15, 0.2) is 24.0 Å². The van der Waals surface area contributed by atoms with Crippen LogP contribution in [0.3, 0.4) is 0 Å². The molecular formula is C14H19N3O3. The number of hydrogen-bond donors (Lipinski definition) is 1. The smallest absolute Gasteiger partial charge is 0.327 e. The average molecular weight is 277 g/mol. The Kier molecular flexibility index (Phi) is 4.92. The Morgan fingerprint density at radius 1 is 1.45 bits per heavy atom. The molecule has 1 N–H and O–H groups in total. The van der Waals surface area contributed by atoms with Crippen molar-refractivity contribution >= 4 is 17.6 Å². The second kappa shape index (κ2) is 6.88. The largest absolute Gasteiger partial charge is 0.468 e. The molecule has 0 saturated carbocycles. The number of ether oxygens (including phenoxy) is 1. The Morgan fingerprint density at radius 3 is 3.00 bits per heavy atom. The third-order valence-corrected chi connectivity index (χ3v) is 3.21. The average Bonchev–Trinajstić information content (AvgIpc) is 2.86. The normalized spacial score (nSPS) is 14.6. The lowest BCUT2D eigenvalue weighted by Gasteiger charge is -2.11. The van der Waals surface area contributed by atoms with E-state index in [1.54, 1.807) is 6.20 Å². The number of nitrogens with zero attached hydrogens (tertiary/aromatic N) is 2. The highest BCUT2D eigenvalue weighted by Crippen LogP contribution is 2.20. The number of hydrogen-bond acceptors (Lipinski definition) is 4. The summed E-state index contributed by atoms with van der Waals surface area (Å²) in [5.41, 5.74) is 1.80. The number of carbonyl (C=O) groups is 2. The number of aromatic nitrogens is 2. The van der Waals surface area contributed by atoms with E-state index in [1.165, 1.54) is 30.0 Å². The molecule has 1 aliphatic carbocycles. The molecule has 1 heterocycles. The monoisotopic (exact) mass is 277 g/mol. The first kappa shape index (κ1) is 14.3. The van der Waals surface area contributed by atoms with Crippen molar-refractivity contribution in [1.82, 2.24) is 9.78 Å². The Bertz CT molecular complexity index is 519. The van der Waals surface area contributed by atoms with Gasteiger partial charge in [-0.3, -0.25) is 14.3 Å². The van der Waals surface area contributed by atoms with E-state index in [2.05, 4.69) is 21.2 Å². The maximum atomic E-state index is 11.9. The van der Waals surface area contributed by atoms with Crippen LogP contribution in [-0.4, -0.2) is 28.8 Å². The Balaban J connectivity index is 1.85. The predicted molar refractivity (Wildman–Crippen MR) is 74.0 cm³/mol. The zero-order chi connectivity index (χ0) is 14.4. The van der Waals surface area contributed by atoms with Crippen LogP contribution in [0.2, 0.25) is 0 Å².